The Morgan fingerprint density at radius 2 is 1.64 bits per heavy atom. The number of carbonyl (C=O) groups excluding carboxylic acids is 2. The average Bonchev–Trinajstić information content (AvgIpc) is 2.55. The third-order valence-electron chi connectivity index (χ3n) is 5.01. The largest absolute Gasteiger partial charge is 0.512 e. The summed E-state index contributed by atoms with van der Waals surface area (Å²) in [5.41, 5.74) is 1.27. The molecule has 1 aliphatic heterocycles. The second kappa shape index (κ2) is 6.02. The van der Waals surface area contributed by atoms with Crippen molar-refractivity contribution in [3.8, 4) is 11.5 Å². The number of ether oxygens (including phenoxy) is 1. The van der Waals surface area contributed by atoms with E-state index in [1.54, 1.807) is 0 Å². The number of phenolic OH excluding ortho intramolecular Hbond substituents is 1. The van der Waals surface area contributed by atoms with Crippen molar-refractivity contribution in [2.75, 3.05) is 0 Å². The number of ketones is 2. The maximum Gasteiger partial charge on any atom is 0.163 e. The fraction of sp³-hybridized carbons (Fsp3) is 0.368. The molecule has 2 aliphatic carbocycles. The molecule has 0 spiro atoms. The van der Waals surface area contributed by atoms with Crippen molar-refractivity contribution in [2.24, 2.45) is 0 Å². The molecule has 1 aromatic carbocycles. The third kappa shape index (κ3) is 2.59. The number of aromatic hydroxyl groups is 1. The molecule has 2 N–H and O–H groups in total. The van der Waals surface area contributed by atoms with Crippen LogP contribution < -0.4 is 4.74 Å². The van der Waals surface area contributed by atoms with Gasteiger partial charge in [-0.3, -0.25) is 9.59 Å². The quantitative estimate of drug-likeness (QED) is 0.732. The highest BCUT2D eigenvalue weighted by molar-refractivity contribution is 9.10. The maximum atomic E-state index is 12.6. The molecule has 0 saturated heterocycles. The van der Waals surface area contributed by atoms with Crippen LogP contribution in [0, 0.1) is 0 Å². The topological polar surface area (TPSA) is 83.8 Å². The number of hydrogen-bond donors (Lipinski definition) is 2. The number of fused-ring (bicyclic) bond motifs is 1. The molecule has 0 radical (unpaired) electrons. The number of aliphatic hydroxyl groups excluding tert-OH is 1. The van der Waals surface area contributed by atoms with Gasteiger partial charge < -0.3 is 14.9 Å². The van der Waals surface area contributed by atoms with Gasteiger partial charge in [0, 0.05) is 42.4 Å². The number of aliphatic hydroxyl groups is 1. The lowest BCUT2D eigenvalue weighted by Crippen LogP contribution is -2.29. The summed E-state index contributed by atoms with van der Waals surface area (Å²) in [4.78, 5) is 25.2. The average molecular weight is 405 g/mol. The summed E-state index contributed by atoms with van der Waals surface area (Å²) >= 11 is 3.39. The van der Waals surface area contributed by atoms with Crippen molar-refractivity contribution in [1.82, 2.24) is 0 Å². The third-order valence-corrected chi connectivity index (χ3v) is 5.60. The molecule has 0 fully saturated rings. The molecule has 0 amide bonds. The summed E-state index contributed by atoms with van der Waals surface area (Å²) in [5, 5.41) is 20.5. The molecule has 0 bridgehead atoms. The van der Waals surface area contributed by atoms with E-state index in [-0.39, 0.29) is 28.6 Å². The van der Waals surface area contributed by atoms with Gasteiger partial charge in [-0.05, 0) is 40.9 Å². The Labute approximate surface area is 153 Å². The Morgan fingerprint density at radius 3 is 2.36 bits per heavy atom. The van der Waals surface area contributed by atoms with Gasteiger partial charge in [-0.25, -0.2) is 0 Å². The lowest BCUT2D eigenvalue weighted by molar-refractivity contribution is -0.117. The Kier molecular flexibility index (Phi) is 3.95. The minimum Gasteiger partial charge on any atom is -0.512 e. The van der Waals surface area contributed by atoms with E-state index >= 15 is 0 Å². The van der Waals surface area contributed by atoms with Crippen molar-refractivity contribution >= 4 is 27.5 Å². The lowest BCUT2D eigenvalue weighted by Gasteiger charge is -2.35. The van der Waals surface area contributed by atoms with Crippen molar-refractivity contribution in [1.29, 1.82) is 0 Å². The molecule has 0 saturated carbocycles. The summed E-state index contributed by atoms with van der Waals surface area (Å²) in [5.74, 6) is 0.228. The first-order valence-corrected chi connectivity index (χ1v) is 9.18. The van der Waals surface area contributed by atoms with Crippen LogP contribution in [0.5, 0.6) is 11.5 Å². The highest BCUT2D eigenvalue weighted by atomic mass is 79.9. The van der Waals surface area contributed by atoms with E-state index < -0.39 is 5.92 Å². The zero-order valence-electron chi connectivity index (χ0n) is 13.5. The Bertz CT molecular complexity index is 865. The van der Waals surface area contributed by atoms with Crippen LogP contribution >= 0.6 is 15.9 Å². The van der Waals surface area contributed by atoms with Crippen molar-refractivity contribution in [3.05, 3.63) is 44.8 Å². The van der Waals surface area contributed by atoms with Gasteiger partial charge in [-0.1, -0.05) is 0 Å². The molecular formula is C19H17BrO5. The zero-order valence-corrected chi connectivity index (χ0v) is 15.1. The second-order valence-corrected chi connectivity index (χ2v) is 7.49. The summed E-state index contributed by atoms with van der Waals surface area (Å²) < 4.78 is 6.52. The van der Waals surface area contributed by atoms with Crippen LogP contribution in [0.25, 0.3) is 0 Å². The number of Topliss-reactive ketones (excluding diaryl/α,β-unsaturated/α-hetero) is 2. The van der Waals surface area contributed by atoms with Crippen LogP contribution in [0.1, 0.15) is 50.0 Å². The van der Waals surface area contributed by atoms with Crippen LogP contribution in [-0.4, -0.2) is 21.8 Å². The standard InChI is InChI=1S/C19H17BrO5/c20-11-8-9(21)7-10-16(17-12(22)3-1-4-13(17)23)18-14(24)5-2-6-15(18)25-19(10)11/h7-8,16,21-22H,1-6H2. The van der Waals surface area contributed by atoms with Crippen LogP contribution in [0.4, 0.5) is 0 Å². The molecular weight excluding hydrogens is 388 g/mol. The van der Waals surface area contributed by atoms with Gasteiger partial charge in [-0.2, -0.15) is 0 Å². The summed E-state index contributed by atoms with van der Waals surface area (Å²) in [6.07, 6.45) is 3.10. The first-order chi connectivity index (χ1) is 12.0. The smallest absolute Gasteiger partial charge is 0.163 e. The molecule has 6 heteroatoms. The molecule has 1 aromatic rings. The van der Waals surface area contributed by atoms with Gasteiger partial charge in [0.2, 0.25) is 0 Å². The zero-order chi connectivity index (χ0) is 17.7. The predicted molar refractivity (Wildman–Crippen MR) is 93.6 cm³/mol. The number of benzene rings is 1. The number of hydrogen-bond acceptors (Lipinski definition) is 5. The Hall–Kier alpha value is -2.08. The maximum absolute atomic E-state index is 12.6. The molecule has 5 nitrogen and oxygen atoms in total. The Balaban J connectivity index is 2.00. The van der Waals surface area contributed by atoms with Crippen LogP contribution in [0.2, 0.25) is 0 Å². The fourth-order valence-electron chi connectivity index (χ4n) is 3.94. The van der Waals surface area contributed by atoms with E-state index in [9.17, 15) is 19.8 Å². The first-order valence-electron chi connectivity index (χ1n) is 8.39. The van der Waals surface area contributed by atoms with Crippen LogP contribution in [-0.2, 0) is 9.59 Å². The molecule has 3 aliphatic rings. The van der Waals surface area contributed by atoms with Crippen molar-refractivity contribution in [2.45, 2.75) is 44.4 Å². The minimum atomic E-state index is -0.678. The fourth-order valence-corrected chi connectivity index (χ4v) is 4.48. The molecule has 4 rings (SSSR count). The number of halogens is 1. The number of carbonyl (C=O) groups is 2. The second-order valence-electron chi connectivity index (χ2n) is 6.63. The van der Waals surface area contributed by atoms with E-state index in [0.29, 0.717) is 65.6 Å². The first kappa shape index (κ1) is 16.4. The Morgan fingerprint density at radius 1 is 0.960 bits per heavy atom. The molecule has 25 heavy (non-hydrogen) atoms. The number of phenols is 1. The van der Waals surface area contributed by atoms with Gasteiger partial charge in [0.25, 0.3) is 0 Å². The summed E-state index contributed by atoms with van der Waals surface area (Å²) in [6.45, 7) is 0. The molecule has 1 atom stereocenters. The van der Waals surface area contributed by atoms with E-state index in [2.05, 4.69) is 15.9 Å². The van der Waals surface area contributed by atoms with E-state index in [1.807, 2.05) is 0 Å². The SMILES string of the molecule is O=C1CCCC(O)=C1C1C2=C(CCCC2=O)Oc2c(Br)cc(O)cc21. The predicted octanol–water partition coefficient (Wildman–Crippen LogP) is 4.20. The summed E-state index contributed by atoms with van der Waals surface area (Å²) in [7, 11) is 0. The van der Waals surface area contributed by atoms with Gasteiger partial charge in [0.1, 0.15) is 17.3 Å². The monoisotopic (exact) mass is 404 g/mol. The number of rotatable bonds is 1. The summed E-state index contributed by atoms with van der Waals surface area (Å²) in [6, 6.07) is 3.03. The van der Waals surface area contributed by atoms with Crippen molar-refractivity contribution < 1.29 is 24.5 Å². The highest BCUT2D eigenvalue weighted by Crippen LogP contribution is 2.51. The van der Waals surface area contributed by atoms with Crippen molar-refractivity contribution in [3.63, 3.8) is 0 Å². The van der Waals surface area contributed by atoms with Gasteiger partial charge in [0.15, 0.2) is 11.6 Å². The molecule has 130 valence electrons. The van der Waals surface area contributed by atoms with Gasteiger partial charge >= 0.3 is 0 Å². The van der Waals surface area contributed by atoms with Crippen LogP contribution in [0.3, 0.4) is 0 Å². The molecule has 1 unspecified atom stereocenters. The normalized spacial score (nSPS) is 23.3. The van der Waals surface area contributed by atoms with E-state index in [0.717, 1.165) is 0 Å². The molecule has 1 heterocycles. The van der Waals surface area contributed by atoms with Gasteiger partial charge in [0.05, 0.1) is 16.1 Å². The van der Waals surface area contributed by atoms with E-state index in [4.69, 9.17) is 4.74 Å². The highest BCUT2D eigenvalue weighted by Gasteiger charge is 2.42. The lowest BCUT2D eigenvalue weighted by atomic mass is 9.73. The minimum absolute atomic E-state index is 0.00915. The van der Waals surface area contributed by atoms with Gasteiger partial charge in [-0.15, -0.1) is 0 Å². The molecule has 0 aromatic heterocycles. The van der Waals surface area contributed by atoms with E-state index in [1.165, 1.54) is 12.1 Å². The van der Waals surface area contributed by atoms with Crippen LogP contribution in [0.15, 0.2) is 39.3 Å². The number of allylic oxidation sites excluding steroid dienone is 4.